The number of aryl methyl sites for hydroxylation is 2. The van der Waals surface area contributed by atoms with Gasteiger partial charge in [0.1, 0.15) is 0 Å². The number of benzene rings is 1. The van der Waals surface area contributed by atoms with Gasteiger partial charge in [-0.25, -0.2) is 0 Å². The maximum atomic E-state index is 12.1. The van der Waals surface area contributed by atoms with Crippen LogP contribution in [-0.4, -0.2) is 15.4 Å². The zero-order valence-electron chi connectivity index (χ0n) is 13.2. The van der Waals surface area contributed by atoms with Gasteiger partial charge in [0.2, 0.25) is 0 Å². The highest BCUT2D eigenvalue weighted by Gasteiger charge is 2.09. The number of carbonyl (C=O) groups is 1. The molecule has 0 bridgehead atoms. The molecule has 9 heteroatoms. The summed E-state index contributed by atoms with van der Waals surface area (Å²) in [6.07, 6.45) is 2.83. The van der Waals surface area contributed by atoms with Gasteiger partial charge in [0, 0.05) is 29.1 Å². The topological polar surface area (TPSA) is 77.5 Å². The predicted molar refractivity (Wildman–Crippen MR) is 101 cm³/mol. The summed E-state index contributed by atoms with van der Waals surface area (Å²) in [6, 6.07) is 6.71. The fourth-order valence-electron chi connectivity index (χ4n) is 2.39. The van der Waals surface area contributed by atoms with Crippen LogP contribution in [0.25, 0.3) is 16.3 Å². The van der Waals surface area contributed by atoms with Crippen LogP contribution in [0.5, 0.6) is 0 Å². The van der Waals surface area contributed by atoms with Crippen molar-refractivity contribution in [2.24, 2.45) is 12.0 Å². The molecule has 3 aromatic rings. The largest absolute Gasteiger partial charge is 0.324 e. The Morgan fingerprint density at radius 1 is 1.36 bits per heavy atom. The molecule has 0 atom stereocenters. The van der Waals surface area contributed by atoms with E-state index in [1.807, 2.05) is 30.7 Å². The number of halogens is 1. The fraction of sp³-hybridized carbons (Fsp3) is 0.125. The molecule has 0 saturated heterocycles. The number of aromatic nitrogens is 1. The first-order valence-corrected chi connectivity index (χ1v) is 9.13. The van der Waals surface area contributed by atoms with Gasteiger partial charge in [-0.15, -0.1) is 0 Å². The molecular formula is C16H12ClN3O3S2. The van der Waals surface area contributed by atoms with E-state index in [0.29, 0.717) is 14.7 Å². The van der Waals surface area contributed by atoms with Crippen molar-refractivity contribution in [1.29, 1.82) is 0 Å². The van der Waals surface area contributed by atoms with Gasteiger partial charge in [-0.1, -0.05) is 34.3 Å². The normalized spacial score (nSPS) is 12.4. The standard InChI is InChI=1S/C16H12ClN3O3S2/c1-9-7-10(17)8-12-15(9)19(2)16(25-12)18-13(21)5-3-11-4-6-14(24-11)20(22)23/h3-8H,1-2H3/b5-3+,18-16?. The monoisotopic (exact) mass is 393 g/mol. The van der Waals surface area contributed by atoms with E-state index in [-0.39, 0.29) is 5.00 Å². The predicted octanol–water partition coefficient (Wildman–Crippen LogP) is 4.31. The Labute approximate surface area is 155 Å². The summed E-state index contributed by atoms with van der Waals surface area (Å²) in [4.78, 5) is 27.6. The number of hydrogen-bond donors (Lipinski definition) is 0. The molecule has 0 spiro atoms. The minimum Gasteiger partial charge on any atom is -0.319 e. The average Bonchev–Trinajstić information content (AvgIpc) is 3.11. The van der Waals surface area contributed by atoms with Crippen molar-refractivity contribution in [3.05, 3.63) is 60.7 Å². The number of fused-ring (bicyclic) bond motifs is 1. The van der Waals surface area contributed by atoms with Gasteiger partial charge in [0.15, 0.2) is 4.80 Å². The molecule has 0 saturated carbocycles. The molecular weight excluding hydrogens is 382 g/mol. The molecule has 0 aliphatic heterocycles. The molecule has 2 aromatic heterocycles. The molecule has 25 heavy (non-hydrogen) atoms. The molecule has 6 nitrogen and oxygen atoms in total. The van der Waals surface area contributed by atoms with Gasteiger partial charge >= 0.3 is 5.00 Å². The third-order valence-electron chi connectivity index (χ3n) is 3.44. The lowest BCUT2D eigenvalue weighted by molar-refractivity contribution is -0.380. The molecule has 0 fully saturated rings. The summed E-state index contributed by atoms with van der Waals surface area (Å²) < 4.78 is 2.81. The van der Waals surface area contributed by atoms with Crippen LogP contribution in [0.1, 0.15) is 10.4 Å². The van der Waals surface area contributed by atoms with Crippen molar-refractivity contribution < 1.29 is 9.72 Å². The Hall–Kier alpha value is -2.29. The van der Waals surface area contributed by atoms with Crippen molar-refractivity contribution in [2.75, 3.05) is 0 Å². The number of nitro groups is 1. The third-order valence-corrected chi connectivity index (χ3v) is 5.74. The maximum Gasteiger partial charge on any atom is 0.324 e. The Bertz CT molecular complexity index is 1090. The lowest BCUT2D eigenvalue weighted by atomic mass is 10.2. The van der Waals surface area contributed by atoms with Gasteiger partial charge in [-0.05, 0) is 36.8 Å². The number of nitrogens with zero attached hydrogens (tertiary/aromatic N) is 3. The second-order valence-corrected chi connectivity index (χ2v) is 7.77. The van der Waals surface area contributed by atoms with E-state index in [0.717, 1.165) is 27.1 Å². The Morgan fingerprint density at radius 2 is 2.12 bits per heavy atom. The molecule has 0 unspecified atom stereocenters. The summed E-state index contributed by atoms with van der Waals surface area (Å²) in [5, 5.41) is 11.3. The summed E-state index contributed by atoms with van der Waals surface area (Å²) in [7, 11) is 1.85. The zero-order valence-corrected chi connectivity index (χ0v) is 15.6. The molecule has 0 radical (unpaired) electrons. The minimum absolute atomic E-state index is 0.0345. The van der Waals surface area contributed by atoms with Crippen molar-refractivity contribution in [3.63, 3.8) is 0 Å². The van der Waals surface area contributed by atoms with E-state index in [9.17, 15) is 14.9 Å². The molecule has 3 rings (SSSR count). The van der Waals surface area contributed by atoms with Gasteiger partial charge in [-0.3, -0.25) is 14.9 Å². The van der Waals surface area contributed by atoms with Gasteiger partial charge in [0.25, 0.3) is 5.91 Å². The van der Waals surface area contributed by atoms with Crippen LogP contribution in [0.3, 0.4) is 0 Å². The first-order valence-electron chi connectivity index (χ1n) is 7.12. The number of thiophene rings is 1. The lowest BCUT2D eigenvalue weighted by Crippen LogP contribution is -2.12. The van der Waals surface area contributed by atoms with Gasteiger partial charge < -0.3 is 4.57 Å². The molecule has 1 amide bonds. The fourth-order valence-corrected chi connectivity index (χ4v) is 4.59. The molecule has 2 heterocycles. The Morgan fingerprint density at radius 3 is 2.80 bits per heavy atom. The third kappa shape index (κ3) is 3.71. The van der Waals surface area contributed by atoms with E-state index < -0.39 is 10.8 Å². The van der Waals surface area contributed by atoms with Crippen molar-refractivity contribution in [3.8, 4) is 0 Å². The van der Waals surface area contributed by atoms with Gasteiger partial charge in [-0.2, -0.15) is 4.99 Å². The van der Waals surface area contributed by atoms with E-state index in [2.05, 4.69) is 4.99 Å². The first kappa shape index (κ1) is 17.5. The summed E-state index contributed by atoms with van der Waals surface area (Å²) >= 11 is 8.46. The zero-order chi connectivity index (χ0) is 18.1. The SMILES string of the molecule is Cc1cc(Cl)cc2sc(=NC(=O)/C=C/c3ccc([N+](=O)[O-])s3)n(C)c12. The lowest BCUT2D eigenvalue weighted by Gasteiger charge is -2.00. The maximum absolute atomic E-state index is 12.1. The first-order chi connectivity index (χ1) is 11.8. The quantitative estimate of drug-likeness (QED) is 0.378. The van der Waals surface area contributed by atoms with E-state index in [1.165, 1.54) is 29.6 Å². The minimum atomic E-state index is -0.459. The number of carbonyl (C=O) groups excluding carboxylic acids is 1. The van der Waals surface area contributed by atoms with Crippen LogP contribution < -0.4 is 4.80 Å². The van der Waals surface area contributed by atoms with Crippen LogP contribution in [0, 0.1) is 17.0 Å². The molecule has 1 aromatic carbocycles. The van der Waals surface area contributed by atoms with Crippen LogP contribution in [0.15, 0.2) is 35.3 Å². The average molecular weight is 394 g/mol. The Balaban J connectivity index is 1.92. The smallest absolute Gasteiger partial charge is 0.319 e. The van der Waals surface area contributed by atoms with E-state index in [1.54, 1.807) is 6.07 Å². The summed E-state index contributed by atoms with van der Waals surface area (Å²) in [5.74, 6) is -0.429. The number of rotatable bonds is 3. The van der Waals surface area contributed by atoms with Crippen LogP contribution in [0.2, 0.25) is 5.02 Å². The summed E-state index contributed by atoms with van der Waals surface area (Å²) in [5.41, 5.74) is 2.00. The second kappa shape index (κ2) is 6.91. The van der Waals surface area contributed by atoms with Crippen molar-refractivity contribution in [1.82, 2.24) is 4.57 Å². The van der Waals surface area contributed by atoms with Crippen molar-refractivity contribution in [2.45, 2.75) is 6.92 Å². The van der Waals surface area contributed by atoms with Gasteiger partial charge in [0.05, 0.1) is 15.1 Å². The number of hydrogen-bond acceptors (Lipinski definition) is 5. The molecule has 0 N–H and O–H groups in total. The van der Waals surface area contributed by atoms with Crippen LogP contribution >= 0.6 is 34.3 Å². The molecule has 0 aliphatic carbocycles. The highest BCUT2D eigenvalue weighted by atomic mass is 35.5. The van der Waals surface area contributed by atoms with Crippen LogP contribution in [0.4, 0.5) is 5.00 Å². The van der Waals surface area contributed by atoms with E-state index >= 15 is 0 Å². The summed E-state index contributed by atoms with van der Waals surface area (Å²) in [6.45, 7) is 1.95. The molecule has 0 aliphatic rings. The second-order valence-electron chi connectivity index (χ2n) is 5.23. The highest BCUT2D eigenvalue weighted by molar-refractivity contribution is 7.16. The Kier molecular flexibility index (Phi) is 4.85. The number of amides is 1. The van der Waals surface area contributed by atoms with E-state index in [4.69, 9.17) is 11.6 Å². The molecule has 128 valence electrons. The number of thiazole rings is 1. The highest BCUT2D eigenvalue weighted by Crippen LogP contribution is 2.26. The van der Waals surface area contributed by atoms with Crippen LogP contribution in [-0.2, 0) is 11.8 Å². The van der Waals surface area contributed by atoms with Crippen molar-refractivity contribution >= 4 is 61.5 Å².